The molecule has 5 heterocycles. The average molecular weight is 504 g/mol. The lowest BCUT2D eigenvalue weighted by Gasteiger charge is -2.37. The third-order valence-corrected chi connectivity index (χ3v) is 7.92. The van der Waals surface area contributed by atoms with Crippen LogP contribution >= 0.6 is 0 Å². The van der Waals surface area contributed by atoms with Gasteiger partial charge in [-0.25, -0.2) is 15.0 Å². The maximum atomic E-state index is 13.1. The molecule has 2 aromatic carbocycles. The molecule has 1 N–H and O–H groups in total. The summed E-state index contributed by atoms with van der Waals surface area (Å²) in [7, 11) is 0. The van der Waals surface area contributed by atoms with Crippen LogP contribution < -0.4 is 5.32 Å². The summed E-state index contributed by atoms with van der Waals surface area (Å²) in [6.07, 6.45) is 6.57. The second kappa shape index (κ2) is 8.44. The van der Waals surface area contributed by atoms with Crippen molar-refractivity contribution < 1.29 is 9.59 Å². The number of likely N-dealkylation sites (tertiary alicyclic amines) is 1. The Morgan fingerprint density at radius 2 is 1.89 bits per heavy atom. The molecule has 7 rings (SSSR count). The first-order valence-corrected chi connectivity index (χ1v) is 12.7. The molecule has 0 radical (unpaired) electrons. The quantitative estimate of drug-likeness (QED) is 0.400. The van der Waals surface area contributed by atoms with Crippen LogP contribution in [0.5, 0.6) is 0 Å². The number of benzene rings is 2. The predicted octanol–water partition coefficient (Wildman–Crippen LogP) is 3.92. The highest BCUT2D eigenvalue weighted by atomic mass is 16.2. The Hall–Kier alpha value is -4.66. The molecule has 0 bridgehead atoms. The summed E-state index contributed by atoms with van der Waals surface area (Å²) in [5, 5.41) is 4.17. The Morgan fingerprint density at radius 3 is 2.74 bits per heavy atom. The van der Waals surface area contributed by atoms with Crippen LogP contribution in [0.1, 0.15) is 30.9 Å². The van der Waals surface area contributed by atoms with E-state index in [2.05, 4.69) is 38.5 Å². The molecular formula is C29H25N7O2. The normalized spacial score (nSPS) is 16.2. The average Bonchev–Trinajstić information content (AvgIpc) is 3.46. The highest BCUT2D eigenvalue weighted by molar-refractivity contribution is 6.07. The van der Waals surface area contributed by atoms with E-state index < -0.39 is 5.41 Å². The molecule has 0 aliphatic carbocycles. The van der Waals surface area contributed by atoms with E-state index in [1.165, 1.54) is 0 Å². The number of anilines is 1. The molecule has 188 valence electrons. The zero-order valence-corrected chi connectivity index (χ0v) is 20.9. The lowest BCUT2D eigenvalue weighted by atomic mass is 9.73. The van der Waals surface area contributed by atoms with Gasteiger partial charge in [0.05, 0.1) is 30.0 Å². The molecular weight excluding hydrogens is 478 g/mol. The summed E-state index contributed by atoms with van der Waals surface area (Å²) in [5.41, 5.74) is 5.60. The fourth-order valence-electron chi connectivity index (χ4n) is 5.80. The molecule has 5 aromatic rings. The highest BCUT2D eigenvalue weighted by Crippen LogP contribution is 2.46. The van der Waals surface area contributed by atoms with Gasteiger partial charge in [0.2, 0.25) is 11.8 Å². The fraction of sp³-hybridized carbons (Fsp3) is 0.241. The maximum Gasteiger partial charge on any atom is 0.235 e. The standard InChI is InChI=1S/C29H25N7O2/c1-18(37)35-11-8-29(9-12-35)22-6-5-21(14-24(22)33-28(29)38)26-31-15-25-27(34-26)36(17-32-25)16-19-4-7-23-20(13-19)3-2-10-30-23/h2-7,10,13-15,17H,8-9,11-12,16H2,1H3,(H,33,38). The molecule has 0 saturated carbocycles. The molecule has 1 spiro atoms. The lowest BCUT2D eigenvalue weighted by Crippen LogP contribution is -2.47. The molecule has 2 amide bonds. The van der Waals surface area contributed by atoms with E-state index in [-0.39, 0.29) is 11.8 Å². The van der Waals surface area contributed by atoms with Gasteiger partial charge < -0.3 is 14.8 Å². The van der Waals surface area contributed by atoms with Crippen molar-refractivity contribution in [1.82, 2.24) is 29.4 Å². The Balaban J connectivity index is 1.20. The molecule has 9 nitrogen and oxygen atoms in total. The van der Waals surface area contributed by atoms with Gasteiger partial charge >= 0.3 is 0 Å². The van der Waals surface area contributed by atoms with Crippen LogP contribution in [0, 0.1) is 0 Å². The second-order valence-corrected chi connectivity index (χ2v) is 10.1. The van der Waals surface area contributed by atoms with Crippen molar-refractivity contribution >= 4 is 39.6 Å². The van der Waals surface area contributed by atoms with Crippen LogP contribution in [-0.2, 0) is 21.5 Å². The number of carbonyl (C=O) groups is 2. The second-order valence-electron chi connectivity index (χ2n) is 10.1. The number of hydrogen-bond acceptors (Lipinski definition) is 6. The predicted molar refractivity (Wildman–Crippen MR) is 143 cm³/mol. The minimum absolute atomic E-state index is 0.00730. The van der Waals surface area contributed by atoms with Crippen molar-refractivity contribution in [2.45, 2.75) is 31.7 Å². The number of carbonyl (C=O) groups excluding carboxylic acids is 2. The molecule has 1 saturated heterocycles. The number of imidazole rings is 1. The number of nitrogens with one attached hydrogen (secondary N) is 1. The number of amides is 2. The minimum Gasteiger partial charge on any atom is -0.343 e. The molecule has 2 aliphatic heterocycles. The van der Waals surface area contributed by atoms with E-state index in [1.54, 1.807) is 25.6 Å². The van der Waals surface area contributed by atoms with Crippen molar-refractivity contribution in [3.05, 3.63) is 78.4 Å². The van der Waals surface area contributed by atoms with Gasteiger partial charge in [0.1, 0.15) is 5.52 Å². The number of pyridine rings is 1. The fourth-order valence-corrected chi connectivity index (χ4v) is 5.80. The molecule has 3 aromatic heterocycles. The zero-order chi connectivity index (χ0) is 25.9. The molecule has 2 aliphatic rings. The molecule has 0 atom stereocenters. The number of fused-ring (bicyclic) bond motifs is 4. The monoisotopic (exact) mass is 503 g/mol. The van der Waals surface area contributed by atoms with E-state index >= 15 is 0 Å². The van der Waals surface area contributed by atoms with E-state index in [0.29, 0.717) is 38.3 Å². The van der Waals surface area contributed by atoms with Gasteiger partial charge in [0, 0.05) is 42.8 Å². The van der Waals surface area contributed by atoms with E-state index in [1.807, 2.05) is 39.8 Å². The van der Waals surface area contributed by atoms with Gasteiger partial charge in [-0.15, -0.1) is 0 Å². The highest BCUT2D eigenvalue weighted by Gasteiger charge is 2.48. The maximum absolute atomic E-state index is 13.1. The molecule has 9 heteroatoms. The summed E-state index contributed by atoms with van der Waals surface area (Å²) >= 11 is 0. The van der Waals surface area contributed by atoms with Gasteiger partial charge in [-0.3, -0.25) is 14.6 Å². The smallest absolute Gasteiger partial charge is 0.235 e. The SMILES string of the molecule is CC(=O)N1CCC2(CC1)C(=O)Nc1cc(-c3ncc4ncn(Cc5ccc6ncccc6c5)c4n3)ccc12. The minimum atomic E-state index is -0.585. The number of nitrogens with zero attached hydrogens (tertiary/aromatic N) is 6. The van der Waals surface area contributed by atoms with Crippen LogP contribution in [0.25, 0.3) is 33.5 Å². The zero-order valence-electron chi connectivity index (χ0n) is 20.9. The Bertz CT molecular complexity index is 1750. The van der Waals surface area contributed by atoms with E-state index in [0.717, 1.165) is 44.4 Å². The van der Waals surface area contributed by atoms with Crippen LogP contribution in [0.15, 0.2) is 67.3 Å². The van der Waals surface area contributed by atoms with Gasteiger partial charge in [0.15, 0.2) is 11.5 Å². The number of rotatable bonds is 3. The Labute approximate surface area is 218 Å². The van der Waals surface area contributed by atoms with Gasteiger partial charge in [-0.1, -0.05) is 24.3 Å². The summed E-state index contributed by atoms with van der Waals surface area (Å²) in [5.74, 6) is 0.637. The van der Waals surface area contributed by atoms with Crippen molar-refractivity contribution in [3.8, 4) is 11.4 Å². The van der Waals surface area contributed by atoms with Gasteiger partial charge in [-0.2, -0.15) is 0 Å². The molecule has 38 heavy (non-hydrogen) atoms. The number of hydrogen-bond donors (Lipinski definition) is 1. The van der Waals surface area contributed by atoms with Crippen molar-refractivity contribution in [1.29, 1.82) is 0 Å². The van der Waals surface area contributed by atoms with Crippen LogP contribution in [0.4, 0.5) is 5.69 Å². The Morgan fingerprint density at radius 1 is 1.03 bits per heavy atom. The third-order valence-electron chi connectivity index (χ3n) is 7.92. The number of aromatic nitrogens is 5. The molecule has 0 unspecified atom stereocenters. The number of piperidine rings is 1. The largest absolute Gasteiger partial charge is 0.343 e. The van der Waals surface area contributed by atoms with Crippen LogP contribution in [0.2, 0.25) is 0 Å². The Kier molecular flexibility index (Phi) is 5.01. The summed E-state index contributed by atoms with van der Waals surface area (Å²) in [4.78, 5) is 45.0. The van der Waals surface area contributed by atoms with Crippen LogP contribution in [-0.4, -0.2) is 54.3 Å². The summed E-state index contributed by atoms with van der Waals surface area (Å²) in [6, 6.07) is 16.2. The first kappa shape index (κ1) is 22.5. The van der Waals surface area contributed by atoms with Crippen LogP contribution in [0.3, 0.4) is 0 Å². The van der Waals surface area contributed by atoms with E-state index in [4.69, 9.17) is 4.98 Å². The topological polar surface area (TPSA) is 106 Å². The first-order valence-electron chi connectivity index (χ1n) is 12.7. The van der Waals surface area contributed by atoms with Gasteiger partial charge in [0.25, 0.3) is 0 Å². The summed E-state index contributed by atoms with van der Waals surface area (Å²) in [6.45, 7) is 3.37. The molecule has 1 fully saturated rings. The lowest BCUT2D eigenvalue weighted by molar-refractivity contribution is -0.133. The third kappa shape index (κ3) is 3.53. The first-order chi connectivity index (χ1) is 18.5. The van der Waals surface area contributed by atoms with Crippen molar-refractivity contribution in [2.24, 2.45) is 0 Å². The van der Waals surface area contributed by atoms with Crippen molar-refractivity contribution in [3.63, 3.8) is 0 Å². The van der Waals surface area contributed by atoms with Gasteiger partial charge in [-0.05, 0) is 48.2 Å². The van der Waals surface area contributed by atoms with E-state index in [9.17, 15) is 9.59 Å². The summed E-state index contributed by atoms with van der Waals surface area (Å²) < 4.78 is 2.02. The van der Waals surface area contributed by atoms with Crippen molar-refractivity contribution in [2.75, 3.05) is 18.4 Å².